The van der Waals surface area contributed by atoms with Crippen molar-refractivity contribution in [1.82, 2.24) is 14.9 Å². The van der Waals surface area contributed by atoms with Crippen LogP contribution in [0.3, 0.4) is 0 Å². The molecule has 4 aromatic rings. The molecule has 1 saturated heterocycles. The molecular formula is C31H26FN5O2S. The minimum Gasteiger partial charge on any atom is -0.337 e. The van der Waals surface area contributed by atoms with Crippen molar-refractivity contribution in [2.24, 2.45) is 0 Å². The van der Waals surface area contributed by atoms with Crippen LogP contribution in [-0.4, -0.2) is 52.9 Å². The fourth-order valence-corrected chi connectivity index (χ4v) is 5.89. The number of amides is 2. The zero-order valence-electron chi connectivity index (χ0n) is 21.6. The Morgan fingerprint density at radius 3 is 2.33 bits per heavy atom. The van der Waals surface area contributed by atoms with Gasteiger partial charge in [0.2, 0.25) is 5.95 Å². The van der Waals surface area contributed by atoms with Crippen LogP contribution in [0.4, 0.5) is 16.0 Å². The number of hydrogen-bond donors (Lipinski definition) is 0. The van der Waals surface area contributed by atoms with Gasteiger partial charge in [0.05, 0.1) is 17.1 Å². The number of para-hydroxylation sites is 1. The van der Waals surface area contributed by atoms with Gasteiger partial charge in [-0.05, 0) is 48.0 Å². The molecule has 9 heteroatoms. The van der Waals surface area contributed by atoms with Crippen LogP contribution in [0.15, 0.2) is 101 Å². The van der Waals surface area contributed by atoms with Crippen molar-refractivity contribution in [3.63, 3.8) is 0 Å². The summed E-state index contributed by atoms with van der Waals surface area (Å²) in [6.07, 6.45) is 5.26. The Hall–Kier alpha value is -4.50. The lowest BCUT2D eigenvalue weighted by Crippen LogP contribution is -2.49. The summed E-state index contributed by atoms with van der Waals surface area (Å²) in [5.41, 5.74) is 2.62. The first-order valence-corrected chi connectivity index (χ1v) is 13.8. The average molecular weight is 552 g/mol. The van der Waals surface area contributed by atoms with Crippen LogP contribution >= 0.6 is 11.8 Å². The molecule has 0 aliphatic carbocycles. The highest BCUT2D eigenvalue weighted by Gasteiger charge is 2.30. The maximum Gasteiger partial charge on any atom is 0.265 e. The monoisotopic (exact) mass is 551 g/mol. The number of nitrogens with zero attached hydrogens (tertiary/aromatic N) is 5. The van der Waals surface area contributed by atoms with Gasteiger partial charge in [-0.25, -0.2) is 14.4 Å². The van der Waals surface area contributed by atoms with E-state index in [1.165, 1.54) is 17.8 Å². The van der Waals surface area contributed by atoms with Gasteiger partial charge < -0.3 is 14.7 Å². The molecule has 7 nitrogen and oxygen atoms in total. The van der Waals surface area contributed by atoms with E-state index in [4.69, 9.17) is 0 Å². The molecule has 3 heterocycles. The minimum atomic E-state index is -0.341. The molecule has 6 rings (SSSR count). The van der Waals surface area contributed by atoms with Gasteiger partial charge in [-0.3, -0.25) is 9.59 Å². The lowest BCUT2D eigenvalue weighted by Gasteiger charge is -2.34. The summed E-state index contributed by atoms with van der Waals surface area (Å²) in [4.78, 5) is 42.3. The second-order valence-electron chi connectivity index (χ2n) is 9.51. The topological polar surface area (TPSA) is 69.6 Å². The predicted molar refractivity (Wildman–Crippen MR) is 154 cm³/mol. The van der Waals surface area contributed by atoms with Gasteiger partial charge in [0.25, 0.3) is 11.8 Å². The van der Waals surface area contributed by atoms with Gasteiger partial charge in [-0.2, -0.15) is 0 Å². The molecule has 40 heavy (non-hydrogen) atoms. The number of benzene rings is 3. The van der Waals surface area contributed by atoms with E-state index in [9.17, 15) is 14.0 Å². The highest BCUT2D eigenvalue weighted by molar-refractivity contribution is 8.04. The molecule has 0 atom stereocenters. The van der Waals surface area contributed by atoms with Gasteiger partial charge in [0.1, 0.15) is 5.82 Å². The van der Waals surface area contributed by atoms with Crippen molar-refractivity contribution in [2.75, 3.05) is 36.0 Å². The Morgan fingerprint density at radius 1 is 0.875 bits per heavy atom. The third kappa shape index (κ3) is 5.33. The van der Waals surface area contributed by atoms with E-state index in [0.717, 1.165) is 16.1 Å². The van der Waals surface area contributed by atoms with Crippen LogP contribution in [-0.2, 0) is 11.3 Å². The summed E-state index contributed by atoms with van der Waals surface area (Å²) in [6.45, 7) is 2.66. The summed E-state index contributed by atoms with van der Waals surface area (Å²) in [7, 11) is 0. The summed E-state index contributed by atoms with van der Waals surface area (Å²) in [5.74, 6) is 0.122. The highest BCUT2D eigenvalue weighted by Crippen LogP contribution is 2.42. The van der Waals surface area contributed by atoms with Crippen molar-refractivity contribution in [1.29, 1.82) is 0 Å². The Bertz CT molecular complexity index is 1570. The van der Waals surface area contributed by atoms with E-state index in [0.29, 0.717) is 48.2 Å². The molecule has 0 radical (unpaired) electrons. The molecule has 3 aromatic carbocycles. The molecule has 1 fully saturated rings. The van der Waals surface area contributed by atoms with Crippen LogP contribution < -0.4 is 9.80 Å². The maximum absolute atomic E-state index is 14.4. The molecule has 0 spiro atoms. The van der Waals surface area contributed by atoms with Crippen molar-refractivity contribution in [3.8, 4) is 0 Å². The maximum atomic E-state index is 14.4. The van der Waals surface area contributed by atoms with Gasteiger partial charge in [-0.15, -0.1) is 0 Å². The van der Waals surface area contributed by atoms with Crippen molar-refractivity contribution in [2.45, 2.75) is 11.4 Å². The van der Waals surface area contributed by atoms with Crippen molar-refractivity contribution in [3.05, 3.63) is 119 Å². The first-order chi connectivity index (χ1) is 19.6. The standard InChI is InChI=1S/C31H26FN5O2S/c32-25-7-2-1-6-24(25)21-37-26-8-3-4-9-27(26)40-28(30(37)39)20-22-10-12-23(13-11-22)29(38)35-16-18-36(19-17-35)31-33-14-5-15-34-31/h1-15,20H,16-19,21H2. The number of halogens is 1. The fraction of sp³-hybridized carbons (Fsp3) is 0.161. The molecule has 2 aliphatic rings. The number of carbonyl (C=O) groups is 2. The van der Waals surface area contributed by atoms with E-state index in [1.807, 2.05) is 47.4 Å². The molecule has 200 valence electrons. The Labute approximate surface area is 236 Å². The molecule has 1 aromatic heterocycles. The number of rotatable bonds is 5. The van der Waals surface area contributed by atoms with E-state index in [2.05, 4.69) is 14.9 Å². The number of carbonyl (C=O) groups excluding carboxylic acids is 2. The average Bonchev–Trinajstić information content (AvgIpc) is 3.01. The molecule has 0 bridgehead atoms. The summed E-state index contributed by atoms with van der Waals surface area (Å²) in [5, 5.41) is 0. The molecule has 2 aliphatic heterocycles. The molecule has 0 unspecified atom stereocenters. The van der Waals surface area contributed by atoms with E-state index >= 15 is 0 Å². The second-order valence-corrected chi connectivity index (χ2v) is 10.6. The molecule has 0 N–H and O–H groups in total. The first kappa shape index (κ1) is 25.8. The number of hydrogen-bond acceptors (Lipinski definition) is 6. The summed E-state index contributed by atoms with van der Waals surface area (Å²) >= 11 is 1.40. The molecule has 0 saturated carbocycles. The Kier molecular flexibility index (Phi) is 7.29. The highest BCUT2D eigenvalue weighted by atomic mass is 32.2. The van der Waals surface area contributed by atoms with Crippen molar-refractivity contribution >= 4 is 41.3 Å². The number of fused-ring (bicyclic) bond motifs is 1. The van der Waals surface area contributed by atoms with Crippen LogP contribution in [0.25, 0.3) is 6.08 Å². The van der Waals surface area contributed by atoms with Crippen LogP contribution in [0.5, 0.6) is 0 Å². The van der Waals surface area contributed by atoms with Gasteiger partial charge in [-0.1, -0.05) is 54.2 Å². The van der Waals surface area contributed by atoms with Gasteiger partial charge >= 0.3 is 0 Å². The van der Waals surface area contributed by atoms with Crippen LogP contribution in [0.1, 0.15) is 21.5 Å². The third-order valence-electron chi connectivity index (χ3n) is 6.98. The van der Waals surface area contributed by atoms with E-state index in [-0.39, 0.29) is 24.2 Å². The molecule has 2 amide bonds. The van der Waals surface area contributed by atoms with E-state index in [1.54, 1.807) is 53.7 Å². The zero-order valence-corrected chi connectivity index (χ0v) is 22.4. The summed E-state index contributed by atoms with van der Waals surface area (Å²) in [6, 6.07) is 23.2. The summed E-state index contributed by atoms with van der Waals surface area (Å²) < 4.78 is 14.4. The minimum absolute atomic E-state index is 0.0269. The molecular weight excluding hydrogens is 525 g/mol. The second kappa shape index (κ2) is 11.3. The number of thioether (sulfide) groups is 1. The van der Waals surface area contributed by atoms with Gasteiger partial charge in [0, 0.05) is 54.6 Å². The van der Waals surface area contributed by atoms with Crippen LogP contribution in [0, 0.1) is 5.82 Å². The Balaban J connectivity index is 1.17. The quantitative estimate of drug-likeness (QED) is 0.315. The predicted octanol–water partition coefficient (Wildman–Crippen LogP) is 5.26. The SMILES string of the molecule is O=C(c1ccc(C=C2Sc3ccccc3N(Cc3ccccc3F)C2=O)cc1)N1CCN(c2ncccn2)CC1. The smallest absolute Gasteiger partial charge is 0.265 e. The lowest BCUT2D eigenvalue weighted by molar-refractivity contribution is -0.114. The lowest BCUT2D eigenvalue weighted by atomic mass is 10.1. The number of aromatic nitrogens is 2. The normalized spacial score (nSPS) is 16.3. The third-order valence-corrected chi connectivity index (χ3v) is 8.05. The fourth-order valence-electron chi connectivity index (χ4n) is 4.84. The van der Waals surface area contributed by atoms with Crippen molar-refractivity contribution < 1.29 is 14.0 Å². The number of anilines is 2. The van der Waals surface area contributed by atoms with E-state index < -0.39 is 0 Å². The largest absolute Gasteiger partial charge is 0.337 e. The Morgan fingerprint density at radius 2 is 1.57 bits per heavy atom. The first-order valence-electron chi connectivity index (χ1n) is 13.0. The van der Waals surface area contributed by atoms with Gasteiger partial charge in [0.15, 0.2) is 0 Å². The number of piperazine rings is 1. The van der Waals surface area contributed by atoms with Crippen LogP contribution in [0.2, 0.25) is 0 Å². The zero-order chi connectivity index (χ0) is 27.5.